The van der Waals surface area contributed by atoms with E-state index >= 15 is 0 Å². The summed E-state index contributed by atoms with van der Waals surface area (Å²) in [7, 11) is 0. The van der Waals surface area contributed by atoms with Crippen LogP contribution in [0.15, 0.2) is 36.4 Å². The number of phenolic OH excluding ortho intramolecular Hbond substituents is 1. The third-order valence-electron chi connectivity index (χ3n) is 3.34. The van der Waals surface area contributed by atoms with E-state index in [2.05, 4.69) is 0 Å². The van der Waals surface area contributed by atoms with Gasteiger partial charge in [-0.15, -0.1) is 0 Å². The summed E-state index contributed by atoms with van der Waals surface area (Å²) in [6.45, 7) is 3.88. The number of benzene rings is 2. The minimum absolute atomic E-state index is 0.0276. The Balaban J connectivity index is 2.50. The fraction of sp³-hybridized carbons (Fsp3) is 0.188. The number of hydrogen-bond donors (Lipinski definition) is 4. The topological polar surface area (TPSA) is 96.1 Å². The molecule has 6 N–H and O–H groups in total. The first kappa shape index (κ1) is 14.1. The lowest BCUT2D eigenvalue weighted by molar-refractivity contribution is 0.477. The Kier molecular flexibility index (Phi) is 3.51. The number of aromatic hydroxyl groups is 1. The highest BCUT2D eigenvalue weighted by Crippen LogP contribution is 2.35. The number of nitrogens with two attached hydrogens (primary N) is 2. The average molecular weight is 269 g/mol. The largest absolute Gasteiger partial charge is 0.507 e. The van der Waals surface area contributed by atoms with Crippen LogP contribution in [0.1, 0.15) is 25.0 Å². The summed E-state index contributed by atoms with van der Waals surface area (Å²) < 4.78 is 0. The van der Waals surface area contributed by atoms with Crippen molar-refractivity contribution < 1.29 is 5.11 Å². The summed E-state index contributed by atoms with van der Waals surface area (Å²) in [5, 5.41) is 17.5. The van der Waals surface area contributed by atoms with Crippen molar-refractivity contribution >= 4 is 11.9 Å². The summed E-state index contributed by atoms with van der Waals surface area (Å²) in [6, 6.07) is 11.1. The number of nitrogen functional groups attached to an aromatic ring is 1. The Morgan fingerprint density at radius 1 is 1.10 bits per heavy atom. The zero-order valence-electron chi connectivity index (χ0n) is 11.6. The van der Waals surface area contributed by atoms with Crippen LogP contribution >= 0.6 is 0 Å². The van der Waals surface area contributed by atoms with Gasteiger partial charge in [-0.05, 0) is 37.1 Å². The van der Waals surface area contributed by atoms with E-state index in [-0.39, 0.29) is 5.75 Å². The lowest BCUT2D eigenvalue weighted by atomic mass is 9.93. The van der Waals surface area contributed by atoms with E-state index in [9.17, 15) is 5.11 Å². The number of phenols is 1. The Bertz CT molecular complexity index is 640. The van der Waals surface area contributed by atoms with Crippen LogP contribution in [0.2, 0.25) is 0 Å². The molecule has 2 aromatic carbocycles. The van der Waals surface area contributed by atoms with Gasteiger partial charge in [0.05, 0.1) is 5.56 Å². The lowest BCUT2D eigenvalue weighted by Gasteiger charge is -2.19. The van der Waals surface area contributed by atoms with E-state index < -0.39 is 5.54 Å². The van der Waals surface area contributed by atoms with E-state index in [0.717, 1.165) is 17.3 Å². The summed E-state index contributed by atoms with van der Waals surface area (Å²) in [6.07, 6.45) is 1.06. The van der Waals surface area contributed by atoms with E-state index in [1.807, 2.05) is 38.1 Å². The highest BCUT2D eigenvalue weighted by atomic mass is 16.3. The van der Waals surface area contributed by atoms with Crippen LogP contribution in [0.3, 0.4) is 0 Å². The zero-order chi connectivity index (χ0) is 14.9. The molecule has 0 saturated carbocycles. The predicted molar refractivity (Wildman–Crippen MR) is 83.1 cm³/mol. The molecule has 0 atom stereocenters. The number of rotatable bonds is 3. The van der Waals surface area contributed by atoms with Gasteiger partial charge in [0.2, 0.25) is 0 Å². The van der Waals surface area contributed by atoms with Crippen molar-refractivity contribution in [2.75, 3.05) is 5.73 Å². The number of hydrogen-bond acceptors (Lipinski definition) is 4. The lowest BCUT2D eigenvalue weighted by Crippen LogP contribution is -2.28. The fourth-order valence-electron chi connectivity index (χ4n) is 2.09. The smallest absolute Gasteiger partial charge is 0.134 e. The molecule has 4 heteroatoms. The second-order valence-electron chi connectivity index (χ2n) is 5.41. The number of nitrogens with one attached hydrogen (secondary N) is 1. The quantitative estimate of drug-likeness (QED) is 0.509. The molecule has 20 heavy (non-hydrogen) atoms. The van der Waals surface area contributed by atoms with E-state index in [0.29, 0.717) is 16.8 Å². The van der Waals surface area contributed by atoms with Crippen LogP contribution < -0.4 is 11.5 Å². The first-order valence-corrected chi connectivity index (χ1v) is 6.36. The third-order valence-corrected chi connectivity index (χ3v) is 3.34. The Hall–Kier alpha value is -2.33. The molecule has 0 radical (unpaired) electrons. The van der Waals surface area contributed by atoms with Crippen molar-refractivity contribution in [3.63, 3.8) is 0 Å². The van der Waals surface area contributed by atoms with Crippen LogP contribution in [0.4, 0.5) is 5.69 Å². The molecular weight excluding hydrogens is 250 g/mol. The molecule has 0 saturated heterocycles. The summed E-state index contributed by atoms with van der Waals surface area (Å²) in [5.74, 6) is 0.0276. The van der Waals surface area contributed by atoms with Gasteiger partial charge in [0.25, 0.3) is 0 Å². The molecule has 0 fully saturated rings. The van der Waals surface area contributed by atoms with Gasteiger partial charge in [0.15, 0.2) is 0 Å². The van der Waals surface area contributed by atoms with Gasteiger partial charge in [-0.2, -0.15) is 0 Å². The van der Waals surface area contributed by atoms with Crippen molar-refractivity contribution in [1.29, 1.82) is 5.41 Å². The molecule has 0 unspecified atom stereocenters. The maximum absolute atomic E-state index is 10.2. The Morgan fingerprint density at radius 3 is 2.20 bits per heavy atom. The molecule has 4 nitrogen and oxygen atoms in total. The van der Waals surface area contributed by atoms with Gasteiger partial charge < -0.3 is 22.0 Å². The second-order valence-corrected chi connectivity index (χ2v) is 5.41. The maximum Gasteiger partial charge on any atom is 0.134 e. The average Bonchev–Trinajstić information content (AvgIpc) is 2.38. The van der Waals surface area contributed by atoms with Gasteiger partial charge in [-0.25, -0.2) is 0 Å². The standard InChI is InChI=1S/C16H19N3O/c1-16(2,19)11-5-3-10(4-6-11)12-7-8-14(18)13(9-17)15(12)20/h3-9,17,20H,18-19H2,1-2H3. The molecule has 0 spiro atoms. The molecule has 0 aliphatic heterocycles. The van der Waals surface area contributed by atoms with Crippen LogP contribution in [0, 0.1) is 5.41 Å². The molecular formula is C16H19N3O. The van der Waals surface area contributed by atoms with Crippen molar-refractivity contribution in [2.24, 2.45) is 5.73 Å². The predicted octanol–water partition coefficient (Wildman–Crippen LogP) is 2.83. The summed E-state index contributed by atoms with van der Waals surface area (Å²) in [5.41, 5.74) is 14.6. The normalized spacial score (nSPS) is 11.3. The van der Waals surface area contributed by atoms with Crippen LogP contribution in [0.5, 0.6) is 5.75 Å². The van der Waals surface area contributed by atoms with Crippen molar-refractivity contribution in [1.82, 2.24) is 0 Å². The van der Waals surface area contributed by atoms with Crippen LogP contribution in [-0.2, 0) is 5.54 Å². The minimum atomic E-state index is -0.401. The molecule has 0 amide bonds. The highest BCUT2D eigenvalue weighted by Gasteiger charge is 2.15. The fourth-order valence-corrected chi connectivity index (χ4v) is 2.09. The first-order chi connectivity index (χ1) is 9.34. The molecule has 0 aromatic heterocycles. The molecule has 0 aliphatic carbocycles. The number of anilines is 1. The van der Waals surface area contributed by atoms with Gasteiger partial charge >= 0.3 is 0 Å². The van der Waals surface area contributed by atoms with Gasteiger partial charge in [-0.3, -0.25) is 0 Å². The van der Waals surface area contributed by atoms with E-state index in [1.165, 1.54) is 0 Å². The van der Waals surface area contributed by atoms with Gasteiger partial charge in [-0.1, -0.05) is 24.3 Å². The second kappa shape index (κ2) is 4.98. The molecule has 0 aliphatic rings. The molecule has 2 aromatic rings. The minimum Gasteiger partial charge on any atom is -0.507 e. The Labute approximate surface area is 118 Å². The van der Waals surface area contributed by atoms with E-state index in [4.69, 9.17) is 16.9 Å². The summed E-state index contributed by atoms with van der Waals surface area (Å²) >= 11 is 0. The third kappa shape index (κ3) is 2.51. The monoisotopic (exact) mass is 269 g/mol. The SMILES string of the molecule is CC(C)(N)c1ccc(-c2ccc(N)c(C=N)c2O)cc1. The Morgan fingerprint density at radius 2 is 1.70 bits per heavy atom. The molecule has 0 heterocycles. The van der Waals surface area contributed by atoms with Gasteiger partial charge in [0.1, 0.15) is 5.75 Å². The van der Waals surface area contributed by atoms with Crippen LogP contribution in [-0.4, -0.2) is 11.3 Å². The van der Waals surface area contributed by atoms with E-state index in [1.54, 1.807) is 12.1 Å². The van der Waals surface area contributed by atoms with Crippen molar-refractivity contribution in [3.05, 3.63) is 47.5 Å². The molecule has 0 bridgehead atoms. The maximum atomic E-state index is 10.2. The van der Waals surface area contributed by atoms with Gasteiger partial charge in [0, 0.05) is 23.0 Å². The van der Waals surface area contributed by atoms with Crippen molar-refractivity contribution in [3.8, 4) is 16.9 Å². The highest BCUT2D eigenvalue weighted by molar-refractivity contribution is 5.93. The summed E-state index contributed by atoms with van der Waals surface area (Å²) in [4.78, 5) is 0. The van der Waals surface area contributed by atoms with Crippen LogP contribution in [0.25, 0.3) is 11.1 Å². The molecule has 2 rings (SSSR count). The van der Waals surface area contributed by atoms with Crippen molar-refractivity contribution in [2.45, 2.75) is 19.4 Å². The first-order valence-electron chi connectivity index (χ1n) is 6.36. The molecule has 104 valence electrons. The zero-order valence-corrected chi connectivity index (χ0v) is 11.6.